The molecule has 0 radical (unpaired) electrons. The molecule has 0 spiro atoms. The zero-order valence-electron chi connectivity index (χ0n) is 12.5. The van der Waals surface area contributed by atoms with Crippen LogP contribution in [0.4, 0.5) is 5.69 Å². The van der Waals surface area contributed by atoms with Crippen LogP contribution in [0.15, 0.2) is 24.3 Å². The maximum Gasteiger partial charge on any atom is 0.234 e. The number of rotatable bonds is 2. The first-order valence-electron chi connectivity index (χ1n) is 8.01. The van der Waals surface area contributed by atoms with Crippen molar-refractivity contribution < 1.29 is 9.53 Å². The van der Waals surface area contributed by atoms with Crippen LogP contribution < -0.4 is 15.4 Å². The van der Waals surface area contributed by atoms with Crippen molar-refractivity contribution in [2.24, 2.45) is 11.1 Å². The molecule has 1 fully saturated rings. The summed E-state index contributed by atoms with van der Waals surface area (Å²) in [6, 6.07) is 7.79. The number of para-hydroxylation sites is 2. The van der Waals surface area contributed by atoms with Gasteiger partial charge in [-0.15, -0.1) is 0 Å². The minimum Gasteiger partial charge on any atom is -0.490 e. The Hall–Kier alpha value is -1.55. The van der Waals surface area contributed by atoms with Crippen molar-refractivity contribution in [1.29, 1.82) is 0 Å². The van der Waals surface area contributed by atoms with Crippen LogP contribution in [-0.2, 0) is 4.79 Å². The largest absolute Gasteiger partial charge is 0.490 e. The second-order valence-corrected chi connectivity index (χ2v) is 6.17. The Balaban J connectivity index is 1.90. The van der Waals surface area contributed by atoms with E-state index in [0.717, 1.165) is 37.1 Å². The van der Waals surface area contributed by atoms with Crippen LogP contribution in [0, 0.1) is 5.41 Å². The van der Waals surface area contributed by atoms with Gasteiger partial charge in [-0.1, -0.05) is 37.8 Å². The van der Waals surface area contributed by atoms with Crippen molar-refractivity contribution >= 4 is 11.6 Å². The van der Waals surface area contributed by atoms with Crippen molar-refractivity contribution in [2.45, 2.75) is 38.5 Å². The summed E-state index contributed by atoms with van der Waals surface area (Å²) in [7, 11) is 0. The van der Waals surface area contributed by atoms with Gasteiger partial charge in [-0.2, -0.15) is 0 Å². The first-order chi connectivity index (χ1) is 10.3. The third-order valence-corrected chi connectivity index (χ3v) is 4.88. The molecule has 3 rings (SSSR count). The van der Waals surface area contributed by atoms with Crippen LogP contribution in [0.5, 0.6) is 5.75 Å². The van der Waals surface area contributed by atoms with Gasteiger partial charge in [0.1, 0.15) is 12.4 Å². The second kappa shape index (κ2) is 6.06. The number of carbonyl (C=O) groups is 1. The molecular weight excluding hydrogens is 264 g/mol. The van der Waals surface area contributed by atoms with Gasteiger partial charge in [0, 0.05) is 6.54 Å². The number of benzene rings is 1. The molecule has 1 aromatic rings. The van der Waals surface area contributed by atoms with E-state index >= 15 is 0 Å². The lowest BCUT2D eigenvalue weighted by molar-refractivity contribution is -0.128. The van der Waals surface area contributed by atoms with Gasteiger partial charge in [0.2, 0.25) is 5.91 Å². The molecule has 0 bridgehead atoms. The molecule has 21 heavy (non-hydrogen) atoms. The molecular formula is C17H24N2O2. The maximum atomic E-state index is 13.2. The number of amides is 1. The van der Waals surface area contributed by atoms with Crippen LogP contribution in [0.1, 0.15) is 38.5 Å². The van der Waals surface area contributed by atoms with Crippen LogP contribution in [0.3, 0.4) is 0 Å². The summed E-state index contributed by atoms with van der Waals surface area (Å²) >= 11 is 0. The predicted octanol–water partition coefficient (Wildman–Crippen LogP) is 2.71. The van der Waals surface area contributed by atoms with Crippen molar-refractivity contribution in [3.63, 3.8) is 0 Å². The van der Waals surface area contributed by atoms with E-state index in [1.807, 2.05) is 29.2 Å². The summed E-state index contributed by atoms with van der Waals surface area (Å²) < 4.78 is 5.66. The van der Waals surface area contributed by atoms with Crippen LogP contribution in [0.2, 0.25) is 0 Å². The third kappa shape index (κ3) is 2.64. The first kappa shape index (κ1) is 14.4. The smallest absolute Gasteiger partial charge is 0.234 e. The lowest BCUT2D eigenvalue weighted by atomic mass is 9.78. The molecule has 114 valence electrons. The number of anilines is 1. The van der Waals surface area contributed by atoms with Gasteiger partial charge in [-0.25, -0.2) is 0 Å². The molecule has 1 heterocycles. The van der Waals surface area contributed by atoms with E-state index in [4.69, 9.17) is 10.5 Å². The Morgan fingerprint density at radius 1 is 1.19 bits per heavy atom. The van der Waals surface area contributed by atoms with Gasteiger partial charge < -0.3 is 15.4 Å². The summed E-state index contributed by atoms with van der Waals surface area (Å²) in [6.45, 7) is 1.63. The van der Waals surface area contributed by atoms with Gasteiger partial charge in [0.05, 0.1) is 17.6 Å². The average molecular weight is 288 g/mol. The highest BCUT2D eigenvalue weighted by molar-refractivity contribution is 5.99. The standard InChI is InChI=1S/C17H24N2O2/c18-13-17(9-5-1-2-6-10-17)16(20)19-11-12-21-15-8-4-3-7-14(15)19/h3-4,7-8H,1-2,5-6,9-13,18H2. The fourth-order valence-corrected chi connectivity index (χ4v) is 3.58. The Bertz CT molecular complexity index is 507. The molecule has 2 N–H and O–H groups in total. The predicted molar refractivity (Wildman–Crippen MR) is 83.5 cm³/mol. The number of nitrogens with two attached hydrogens (primary N) is 1. The number of hydrogen-bond donors (Lipinski definition) is 1. The molecule has 0 aromatic heterocycles. The van der Waals surface area contributed by atoms with Crippen LogP contribution in [-0.4, -0.2) is 25.6 Å². The monoisotopic (exact) mass is 288 g/mol. The summed E-state index contributed by atoms with van der Waals surface area (Å²) in [5, 5.41) is 0. The fourth-order valence-electron chi connectivity index (χ4n) is 3.58. The maximum absolute atomic E-state index is 13.2. The minimum atomic E-state index is -0.374. The quantitative estimate of drug-likeness (QED) is 0.851. The molecule has 1 aliphatic carbocycles. The lowest BCUT2D eigenvalue weighted by Crippen LogP contribution is -2.50. The normalized spacial score (nSPS) is 21.1. The van der Waals surface area contributed by atoms with Gasteiger partial charge in [-0.05, 0) is 25.0 Å². The van der Waals surface area contributed by atoms with E-state index in [0.29, 0.717) is 19.7 Å². The number of ether oxygens (including phenoxy) is 1. The van der Waals surface area contributed by atoms with Crippen LogP contribution in [0.25, 0.3) is 0 Å². The van der Waals surface area contributed by atoms with E-state index in [2.05, 4.69) is 0 Å². The Kier molecular flexibility index (Phi) is 4.15. The molecule has 4 heteroatoms. The van der Waals surface area contributed by atoms with Gasteiger partial charge >= 0.3 is 0 Å². The van der Waals surface area contributed by atoms with Crippen molar-refractivity contribution in [3.05, 3.63) is 24.3 Å². The van der Waals surface area contributed by atoms with E-state index < -0.39 is 0 Å². The SMILES string of the molecule is NCC1(C(=O)N2CCOc3ccccc32)CCCCCC1. The van der Waals surface area contributed by atoms with E-state index in [9.17, 15) is 4.79 Å². The Morgan fingerprint density at radius 2 is 1.90 bits per heavy atom. The number of nitrogens with zero attached hydrogens (tertiary/aromatic N) is 1. The lowest BCUT2D eigenvalue weighted by Gasteiger charge is -2.38. The molecule has 1 saturated carbocycles. The summed E-state index contributed by atoms with van der Waals surface area (Å²) in [4.78, 5) is 15.1. The number of carbonyl (C=O) groups excluding carboxylic acids is 1. The summed E-state index contributed by atoms with van der Waals surface area (Å²) in [6.07, 6.45) is 6.48. The van der Waals surface area contributed by atoms with Crippen molar-refractivity contribution in [3.8, 4) is 5.75 Å². The Labute approximate surface area is 126 Å². The van der Waals surface area contributed by atoms with E-state index in [-0.39, 0.29) is 11.3 Å². The van der Waals surface area contributed by atoms with Gasteiger partial charge in [0.15, 0.2) is 0 Å². The highest BCUT2D eigenvalue weighted by Gasteiger charge is 2.41. The first-order valence-corrected chi connectivity index (χ1v) is 8.01. The topological polar surface area (TPSA) is 55.6 Å². The molecule has 0 unspecified atom stereocenters. The molecule has 4 nitrogen and oxygen atoms in total. The molecule has 1 aliphatic heterocycles. The summed E-state index contributed by atoms with van der Waals surface area (Å²) in [5.41, 5.74) is 6.58. The molecule has 2 aliphatic rings. The van der Waals surface area contributed by atoms with Crippen molar-refractivity contribution in [1.82, 2.24) is 0 Å². The highest BCUT2D eigenvalue weighted by Crippen LogP contribution is 2.40. The highest BCUT2D eigenvalue weighted by atomic mass is 16.5. The number of fused-ring (bicyclic) bond motifs is 1. The average Bonchev–Trinajstić information content (AvgIpc) is 2.80. The Morgan fingerprint density at radius 3 is 2.62 bits per heavy atom. The minimum absolute atomic E-state index is 0.197. The molecule has 1 amide bonds. The number of hydrogen-bond acceptors (Lipinski definition) is 3. The van der Waals surface area contributed by atoms with E-state index in [1.165, 1.54) is 12.8 Å². The zero-order valence-corrected chi connectivity index (χ0v) is 12.5. The van der Waals surface area contributed by atoms with Crippen molar-refractivity contribution in [2.75, 3.05) is 24.6 Å². The van der Waals surface area contributed by atoms with E-state index in [1.54, 1.807) is 0 Å². The molecule has 0 saturated heterocycles. The van der Waals surface area contributed by atoms with Gasteiger partial charge in [-0.3, -0.25) is 4.79 Å². The van der Waals surface area contributed by atoms with Gasteiger partial charge in [0.25, 0.3) is 0 Å². The zero-order chi connectivity index (χ0) is 14.7. The fraction of sp³-hybridized carbons (Fsp3) is 0.588. The summed E-state index contributed by atoms with van der Waals surface area (Å²) in [5.74, 6) is 1.00. The molecule has 1 aromatic carbocycles. The molecule has 0 atom stereocenters. The second-order valence-electron chi connectivity index (χ2n) is 6.17. The third-order valence-electron chi connectivity index (χ3n) is 4.88. The van der Waals surface area contributed by atoms with Crippen LogP contribution >= 0.6 is 0 Å².